The molecule has 2 unspecified atom stereocenters. The predicted molar refractivity (Wildman–Crippen MR) is 71.0 cm³/mol. The lowest BCUT2D eigenvalue weighted by Crippen LogP contribution is -2.19. The van der Waals surface area contributed by atoms with Crippen LogP contribution in [0.2, 0.25) is 0 Å². The molecule has 1 fully saturated rings. The summed E-state index contributed by atoms with van der Waals surface area (Å²) in [6, 6.07) is 2.38. The molecule has 4 nitrogen and oxygen atoms in total. The lowest BCUT2D eigenvalue weighted by molar-refractivity contribution is 0.108. The maximum absolute atomic E-state index is 5.88. The monoisotopic (exact) mass is 265 g/mol. The van der Waals surface area contributed by atoms with Gasteiger partial charge in [-0.1, -0.05) is 0 Å². The minimum Gasteiger partial charge on any atom is -0.376 e. The topological polar surface area (TPSA) is 39.9 Å². The third kappa shape index (κ3) is 1.89. The van der Waals surface area contributed by atoms with E-state index in [4.69, 9.17) is 16.3 Å². The molecule has 1 aliphatic rings. The number of rotatable bonds is 3. The predicted octanol–water partition coefficient (Wildman–Crippen LogP) is 2.56. The minimum atomic E-state index is 0.227. The second-order valence-corrected chi connectivity index (χ2v) is 5.01. The highest BCUT2D eigenvalue weighted by molar-refractivity contribution is 6.17. The molecular formula is C13H16ClN3O. The van der Waals surface area contributed by atoms with Crippen LogP contribution in [-0.4, -0.2) is 33.1 Å². The Morgan fingerprint density at radius 3 is 3.17 bits per heavy atom. The second kappa shape index (κ2) is 4.86. The van der Waals surface area contributed by atoms with Gasteiger partial charge in [-0.25, -0.2) is 4.98 Å². The summed E-state index contributed by atoms with van der Waals surface area (Å²) in [5.41, 5.74) is 2.07. The highest BCUT2D eigenvalue weighted by atomic mass is 35.5. The van der Waals surface area contributed by atoms with Gasteiger partial charge in [-0.3, -0.25) is 4.98 Å². The van der Waals surface area contributed by atoms with Crippen LogP contribution >= 0.6 is 11.6 Å². The quantitative estimate of drug-likeness (QED) is 0.801. The Kier molecular flexibility index (Phi) is 3.22. The average Bonchev–Trinajstić information content (AvgIpc) is 2.93. The van der Waals surface area contributed by atoms with E-state index in [-0.39, 0.29) is 6.10 Å². The number of aromatic nitrogens is 3. The van der Waals surface area contributed by atoms with Gasteiger partial charge in [-0.05, 0) is 19.4 Å². The standard InChI is InChI=1S/C13H16ClN3O/c1-9-11(4-7-18-9)17-12-3-6-15-8-10(12)16-13(17)2-5-14/h3,6,8-9,11H,2,4-5,7H2,1H3. The molecule has 2 aromatic rings. The van der Waals surface area contributed by atoms with Crippen LogP contribution in [0.1, 0.15) is 25.2 Å². The molecule has 18 heavy (non-hydrogen) atoms. The number of halogens is 1. The van der Waals surface area contributed by atoms with E-state index in [0.717, 1.165) is 36.3 Å². The minimum absolute atomic E-state index is 0.227. The number of imidazole rings is 1. The Morgan fingerprint density at radius 1 is 1.56 bits per heavy atom. The van der Waals surface area contributed by atoms with Gasteiger partial charge in [0.15, 0.2) is 0 Å². The molecule has 0 N–H and O–H groups in total. The zero-order chi connectivity index (χ0) is 12.5. The fourth-order valence-electron chi connectivity index (χ4n) is 2.69. The third-order valence-electron chi connectivity index (χ3n) is 3.55. The van der Waals surface area contributed by atoms with Crippen LogP contribution in [0.4, 0.5) is 0 Å². The first-order chi connectivity index (χ1) is 8.81. The van der Waals surface area contributed by atoms with Crippen molar-refractivity contribution < 1.29 is 4.74 Å². The van der Waals surface area contributed by atoms with Crippen LogP contribution in [0.5, 0.6) is 0 Å². The zero-order valence-electron chi connectivity index (χ0n) is 10.3. The van der Waals surface area contributed by atoms with Crippen molar-refractivity contribution in [3.8, 4) is 0 Å². The summed E-state index contributed by atoms with van der Waals surface area (Å²) >= 11 is 5.88. The van der Waals surface area contributed by atoms with Crippen molar-refractivity contribution >= 4 is 22.6 Å². The summed E-state index contributed by atoms with van der Waals surface area (Å²) in [7, 11) is 0. The highest BCUT2D eigenvalue weighted by Crippen LogP contribution is 2.31. The van der Waals surface area contributed by atoms with E-state index in [1.165, 1.54) is 0 Å². The van der Waals surface area contributed by atoms with E-state index in [1.807, 2.05) is 18.5 Å². The van der Waals surface area contributed by atoms with Gasteiger partial charge < -0.3 is 9.30 Å². The van der Waals surface area contributed by atoms with Crippen molar-refractivity contribution in [2.24, 2.45) is 0 Å². The van der Waals surface area contributed by atoms with Crippen LogP contribution in [-0.2, 0) is 11.2 Å². The van der Waals surface area contributed by atoms with Gasteiger partial charge in [-0.2, -0.15) is 0 Å². The molecule has 1 aliphatic heterocycles. The summed E-state index contributed by atoms with van der Waals surface area (Å²) < 4.78 is 7.96. The fourth-order valence-corrected chi connectivity index (χ4v) is 2.86. The molecule has 0 aliphatic carbocycles. The summed E-state index contributed by atoms with van der Waals surface area (Å²) in [5, 5.41) is 0. The van der Waals surface area contributed by atoms with Crippen molar-refractivity contribution in [1.82, 2.24) is 14.5 Å². The van der Waals surface area contributed by atoms with Crippen LogP contribution in [0.3, 0.4) is 0 Å². The van der Waals surface area contributed by atoms with E-state index in [0.29, 0.717) is 11.9 Å². The molecular weight excluding hydrogens is 250 g/mol. The number of aryl methyl sites for hydroxylation is 1. The first kappa shape index (κ1) is 11.9. The van der Waals surface area contributed by atoms with Crippen molar-refractivity contribution in [2.75, 3.05) is 12.5 Å². The number of nitrogens with zero attached hydrogens (tertiary/aromatic N) is 3. The van der Waals surface area contributed by atoms with Gasteiger partial charge in [0.25, 0.3) is 0 Å². The average molecular weight is 266 g/mol. The zero-order valence-corrected chi connectivity index (χ0v) is 11.1. The molecule has 3 rings (SSSR count). The molecule has 0 bridgehead atoms. The Bertz CT molecular complexity index is 554. The lowest BCUT2D eigenvalue weighted by atomic mass is 10.1. The SMILES string of the molecule is CC1OCCC1n1c(CCCl)nc2cnccc21. The first-order valence-corrected chi connectivity index (χ1v) is 6.83. The molecule has 5 heteroatoms. The maximum atomic E-state index is 5.88. The van der Waals surface area contributed by atoms with Gasteiger partial charge >= 0.3 is 0 Å². The molecule has 2 aromatic heterocycles. The molecule has 3 heterocycles. The number of ether oxygens (including phenoxy) is 1. The van der Waals surface area contributed by atoms with E-state index in [1.54, 1.807) is 0 Å². The molecule has 0 spiro atoms. The van der Waals surface area contributed by atoms with Crippen molar-refractivity contribution in [1.29, 1.82) is 0 Å². The summed E-state index contributed by atoms with van der Waals surface area (Å²) in [6.45, 7) is 2.94. The van der Waals surface area contributed by atoms with Crippen molar-refractivity contribution in [3.05, 3.63) is 24.3 Å². The van der Waals surface area contributed by atoms with Crippen LogP contribution in [0, 0.1) is 0 Å². The van der Waals surface area contributed by atoms with Gasteiger partial charge in [0.2, 0.25) is 0 Å². The molecule has 0 aromatic carbocycles. The van der Waals surface area contributed by atoms with Crippen molar-refractivity contribution in [2.45, 2.75) is 31.9 Å². The van der Waals surface area contributed by atoms with E-state index in [9.17, 15) is 0 Å². The van der Waals surface area contributed by atoms with Gasteiger partial charge in [0, 0.05) is 25.1 Å². The molecule has 0 saturated carbocycles. The van der Waals surface area contributed by atoms with Gasteiger partial charge in [-0.15, -0.1) is 11.6 Å². The molecule has 96 valence electrons. The normalized spacial score (nSPS) is 23.9. The second-order valence-electron chi connectivity index (χ2n) is 4.63. The Morgan fingerprint density at radius 2 is 2.44 bits per heavy atom. The first-order valence-electron chi connectivity index (χ1n) is 6.29. The number of hydrogen-bond acceptors (Lipinski definition) is 3. The number of fused-ring (bicyclic) bond motifs is 1. The smallest absolute Gasteiger partial charge is 0.111 e. The lowest BCUT2D eigenvalue weighted by Gasteiger charge is -2.19. The summed E-state index contributed by atoms with van der Waals surface area (Å²) in [4.78, 5) is 8.77. The van der Waals surface area contributed by atoms with E-state index >= 15 is 0 Å². The number of alkyl halides is 1. The van der Waals surface area contributed by atoms with Crippen LogP contribution < -0.4 is 0 Å². The molecule has 1 saturated heterocycles. The van der Waals surface area contributed by atoms with Crippen molar-refractivity contribution in [3.63, 3.8) is 0 Å². The van der Waals surface area contributed by atoms with Crippen LogP contribution in [0.15, 0.2) is 18.5 Å². The van der Waals surface area contributed by atoms with Gasteiger partial charge in [0.05, 0.1) is 23.9 Å². The highest BCUT2D eigenvalue weighted by Gasteiger charge is 2.29. The summed E-state index contributed by atoms with van der Waals surface area (Å²) in [5.74, 6) is 1.62. The maximum Gasteiger partial charge on any atom is 0.111 e. The third-order valence-corrected chi connectivity index (χ3v) is 3.74. The Hall–Kier alpha value is -1.13. The molecule has 0 amide bonds. The number of hydrogen-bond donors (Lipinski definition) is 0. The van der Waals surface area contributed by atoms with Crippen LogP contribution in [0.25, 0.3) is 11.0 Å². The molecule has 2 atom stereocenters. The largest absolute Gasteiger partial charge is 0.376 e. The molecule has 0 radical (unpaired) electrons. The Labute approximate surface area is 111 Å². The van der Waals surface area contributed by atoms with E-state index < -0.39 is 0 Å². The number of pyridine rings is 1. The summed E-state index contributed by atoms with van der Waals surface area (Å²) in [6.07, 6.45) is 5.66. The Balaban J connectivity index is 2.14. The van der Waals surface area contributed by atoms with Gasteiger partial charge in [0.1, 0.15) is 11.3 Å². The fraction of sp³-hybridized carbons (Fsp3) is 0.538. The van der Waals surface area contributed by atoms with E-state index in [2.05, 4.69) is 21.5 Å².